The third-order valence-corrected chi connectivity index (χ3v) is 5.00. The van der Waals surface area contributed by atoms with E-state index in [1.54, 1.807) is 0 Å². The fourth-order valence-electron chi connectivity index (χ4n) is 3.37. The summed E-state index contributed by atoms with van der Waals surface area (Å²) in [6.07, 6.45) is 1.72. The number of hydrogen-bond donors (Lipinski definition) is 3. The standard InChI is InChI=1S/C20H24N2O2/c1-14-7-8-17(11-15(14)2)22-19(24)12-21-20(13-23)10-9-16-5-3-4-6-18(16)20/h3-8,11,21,23H,9-10,12-13H2,1-2H3,(H,22,24). The van der Waals surface area contributed by atoms with Crippen molar-refractivity contribution in [1.29, 1.82) is 0 Å². The zero-order chi connectivity index (χ0) is 17.2. The Morgan fingerprint density at radius 1 is 1.17 bits per heavy atom. The molecular formula is C20H24N2O2. The monoisotopic (exact) mass is 324 g/mol. The summed E-state index contributed by atoms with van der Waals surface area (Å²) in [4.78, 5) is 12.3. The molecule has 3 rings (SSSR count). The summed E-state index contributed by atoms with van der Waals surface area (Å²) in [5, 5.41) is 16.1. The Morgan fingerprint density at radius 3 is 2.71 bits per heavy atom. The van der Waals surface area contributed by atoms with Gasteiger partial charge in [0.05, 0.1) is 18.7 Å². The fraction of sp³-hybridized carbons (Fsp3) is 0.350. The minimum atomic E-state index is -0.517. The van der Waals surface area contributed by atoms with Gasteiger partial charge in [-0.15, -0.1) is 0 Å². The number of fused-ring (bicyclic) bond motifs is 1. The molecule has 0 aromatic heterocycles. The van der Waals surface area contributed by atoms with Crippen molar-refractivity contribution in [2.24, 2.45) is 0 Å². The second-order valence-corrected chi connectivity index (χ2v) is 6.60. The number of amides is 1. The first-order valence-corrected chi connectivity index (χ1v) is 8.35. The van der Waals surface area contributed by atoms with Crippen LogP contribution in [0.15, 0.2) is 42.5 Å². The van der Waals surface area contributed by atoms with Gasteiger partial charge in [0.2, 0.25) is 5.91 Å². The minimum absolute atomic E-state index is 0.0130. The highest BCUT2D eigenvalue weighted by molar-refractivity contribution is 5.92. The molecule has 4 nitrogen and oxygen atoms in total. The van der Waals surface area contributed by atoms with Gasteiger partial charge in [-0.1, -0.05) is 30.3 Å². The highest BCUT2D eigenvalue weighted by Gasteiger charge is 2.37. The van der Waals surface area contributed by atoms with E-state index in [-0.39, 0.29) is 19.1 Å². The number of aryl methyl sites for hydroxylation is 3. The number of benzene rings is 2. The van der Waals surface area contributed by atoms with Crippen LogP contribution in [0.5, 0.6) is 0 Å². The fourth-order valence-corrected chi connectivity index (χ4v) is 3.37. The maximum absolute atomic E-state index is 12.3. The average molecular weight is 324 g/mol. The van der Waals surface area contributed by atoms with E-state index >= 15 is 0 Å². The quantitative estimate of drug-likeness (QED) is 0.792. The first-order chi connectivity index (χ1) is 11.5. The van der Waals surface area contributed by atoms with E-state index in [2.05, 4.69) is 16.7 Å². The van der Waals surface area contributed by atoms with Crippen molar-refractivity contribution in [3.63, 3.8) is 0 Å². The lowest BCUT2D eigenvalue weighted by molar-refractivity contribution is -0.115. The van der Waals surface area contributed by atoms with Crippen molar-refractivity contribution in [2.75, 3.05) is 18.5 Å². The maximum atomic E-state index is 12.3. The first-order valence-electron chi connectivity index (χ1n) is 8.35. The highest BCUT2D eigenvalue weighted by Crippen LogP contribution is 2.36. The van der Waals surface area contributed by atoms with E-state index in [1.165, 1.54) is 11.1 Å². The summed E-state index contributed by atoms with van der Waals surface area (Å²) >= 11 is 0. The van der Waals surface area contributed by atoms with Gasteiger partial charge in [0, 0.05) is 5.69 Å². The van der Waals surface area contributed by atoms with Crippen LogP contribution in [0.4, 0.5) is 5.69 Å². The van der Waals surface area contributed by atoms with Gasteiger partial charge in [-0.2, -0.15) is 0 Å². The van der Waals surface area contributed by atoms with Crippen molar-refractivity contribution in [2.45, 2.75) is 32.2 Å². The van der Waals surface area contributed by atoms with Crippen LogP contribution in [0.3, 0.4) is 0 Å². The zero-order valence-electron chi connectivity index (χ0n) is 14.2. The molecule has 0 saturated heterocycles. The van der Waals surface area contributed by atoms with Gasteiger partial charge in [0.25, 0.3) is 0 Å². The normalized spacial score (nSPS) is 19.1. The SMILES string of the molecule is Cc1ccc(NC(=O)CNC2(CO)CCc3ccccc32)cc1C. The van der Waals surface area contributed by atoms with Crippen molar-refractivity contribution in [3.8, 4) is 0 Å². The summed E-state index contributed by atoms with van der Waals surface area (Å²) in [5.74, 6) is -0.101. The van der Waals surface area contributed by atoms with E-state index in [9.17, 15) is 9.90 Å². The molecule has 0 fully saturated rings. The molecule has 1 aliphatic carbocycles. The lowest BCUT2D eigenvalue weighted by Gasteiger charge is -2.29. The number of aliphatic hydroxyl groups is 1. The van der Waals surface area contributed by atoms with E-state index < -0.39 is 5.54 Å². The Labute approximate surface area is 142 Å². The third kappa shape index (κ3) is 3.21. The van der Waals surface area contributed by atoms with Crippen molar-refractivity contribution < 1.29 is 9.90 Å². The number of rotatable bonds is 5. The summed E-state index contributed by atoms with van der Waals surface area (Å²) in [5.41, 5.74) is 4.98. The van der Waals surface area contributed by atoms with Gasteiger partial charge in [0.15, 0.2) is 0 Å². The van der Waals surface area contributed by atoms with Crippen LogP contribution in [0.1, 0.15) is 28.7 Å². The molecule has 1 amide bonds. The number of nitrogens with one attached hydrogen (secondary N) is 2. The molecule has 24 heavy (non-hydrogen) atoms. The predicted molar refractivity (Wildman–Crippen MR) is 96.1 cm³/mol. The van der Waals surface area contributed by atoms with Crippen LogP contribution in [-0.2, 0) is 16.8 Å². The molecule has 2 aromatic carbocycles. The summed E-state index contributed by atoms with van der Waals surface area (Å²) in [6, 6.07) is 14.0. The van der Waals surface area contributed by atoms with Crippen molar-refractivity contribution in [3.05, 3.63) is 64.7 Å². The molecule has 0 heterocycles. The molecule has 4 heteroatoms. The molecule has 126 valence electrons. The second kappa shape index (κ2) is 6.75. The maximum Gasteiger partial charge on any atom is 0.238 e. The van der Waals surface area contributed by atoms with Gasteiger partial charge in [-0.05, 0) is 61.1 Å². The van der Waals surface area contributed by atoms with Gasteiger partial charge < -0.3 is 10.4 Å². The average Bonchev–Trinajstić information content (AvgIpc) is 2.96. The lowest BCUT2D eigenvalue weighted by Crippen LogP contribution is -2.47. The van der Waals surface area contributed by atoms with Gasteiger partial charge >= 0.3 is 0 Å². The number of anilines is 1. The van der Waals surface area contributed by atoms with Crippen LogP contribution in [0, 0.1) is 13.8 Å². The number of aliphatic hydroxyl groups excluding tert-OH is 1. The van der Waals surface area contributed by atoms with Gasteiger partial charge in [0.1, 0.15) is 0 Å². The molecule has 0 radical (unpaired) electrons. The number of carbonyl (C=O) groups is 1. The van der Waals surface area contributed by atoms with Crippen LogP contribution in [0.25, 0.3) is 0 Å². The molecule has 2 aromatic rings. The zero-order valence-corrected chi connectivity index (χ0v) is 14.2. The van der Waals surface area contributed by atoms with Crippen LogP contribution in [0.2, 0.25) is 0 Å². The summed E-state index contributed by atoms with van der Waals surface area (Å²) in [7, 11) is 0. The molecule has 0 spiro atoms. The Kier molecular flexibility index (Phi) is 4.69. The van der Waals surface area contributed by atoms with Crippen LogP contribution in [-0.4, -0.2) is 24.2 Å². The number of hydrogen-bond acceptors (Lipinski definition) is 3. The molecular weight excluding hydrogens is 300 g/mol. The molecule has 0 bridgehead atoms. The molecule has 3 N–H and O–H groups in total. The Balaban J connectivity index is 1.66. The first kappa shape index (κ1) is 16.7. The van der Waals surface area contributed by atoms with Gasteiger partial charge in [-0.25, -0.2) is 0 Å². The summed E-state index contributed by atoms with van der Waals surface area (Å²) < 4.78 is 0. The number of carbonyl (C=O) groups excluding carboxylic acids is 1. The summed E-state index contributed by atoms with van der Waals surface area (Å²) in [6.45, 7) is 4.23. The van der Waals surface area contributed by atoms with Crippen molar-refractivity contribution in [1.82, 2.24) is 5.32 Å². The topological polar surface area (TPSA) is 61.4 Å². The molecule has 1 aliphatic rings. The lowest BCUT2D eigenvalue weighted by atomic mass is 9.92. The van der Waals surface area contributed by atoms with E-state index in [1.807, 2.05) is 50.2 Å². The largest absolute Gasteiger partial charge is 0.394 e. The van der Waals surface area contributed by atoms with Crippen LogP contribution >= 0.6 is 0 Å². The molecule has 0 saturated carbocycles. The van der Waals surface area contributed by atoms with E-state index in [0.717, 1.165) is 29.7 Å². The third-order valence-electron chi connectivity index (χ3n) is 5.00. The van der Waals surface area contributed by atoms with E-state index in [0.29, 0.717) is 0 Å². The van der Waals surface area contributed by atoms with Gasteiger partial charge in [-0.3, -0.25) is 10.1 Å². The second-order valence-electron chi connectivity index (χ2n) is 6.60. The Morgan fingerprint density at radius 2 is 1.96 bits per heavy atom. The minimum Gasteiger partial charge on any atom is -0.394 e. The van der Waals surface area contributed by atoms with E-state index in [4.69, 9.17) is 0 Å². The smallest absolute Gasteiger partial charge is 0.238 e. The molecule has 0 aliphatic heterocycles. The molecule has 1 unspecified atom stereocenters. The highest BCUT2D eigenvalue weighted by atomic mass is 16.3. The predicted octanol–water partition coefficient (Wildman–Crippen LogP) is 2.67. The Bertz CT molecular complexity index is 757. The van der Waals surface area contributed by atoms with Crippen LogP contribution < -0.4 is 10.6 Å². The Hall–Kier alpha value is -2.17. The van der Waals surface area contributed by atoms with Crippen molar-refractivity contribution >= 4 is 11.6 Å². The molecule has 1 atom stereocenters.